The molecule has 1 aromatic rings. The number of carbonyl (C=O) groups is 1. The quantitative estimate of drug-likeness (QED) is 0.229. The smallest absolute Gasteiger partial charge is 0.246 e. The number of benzene rings is 1. The van der Waals surface area contributed by atoms with Crippen LogP contribution in [0.5, 0.6) is 0 Å². The number of hydrogen-bond acceptors (Lipinski definition) is 3. The van der Waals surface area contributed by atoms with Crippen LogP contribution in [0.4, 0.5) is 10.1 Å². The number of aliphatic hydroxyl groups is 1. The van der Waals surface area contributed by atoms with Crippen LogP contribution in [0.3, 0.4) is 0 Å². The predicted molar refractivity (Wildman–Crippen MR) is 119 cm³/mol. The molecule has 0 heterocycles. The second-order valence-corrected chi connectivity index (χ2v) is 6.28. The van der Waals surface area contributed by atoms with Gasteiger partial charge in [0.15, 0.2) is 5.96 Å². The SMILES string of the molecule is CCNC(=NCC(=O)Nc1ccc(F)cc1)NCC(CC)(CC)CCO.I. The van der Waals surface area contributed by atoms with Gasteiger partial charge in [0.2, 0.25) is 5.91 Å². The second-order valence-electron chi connectivity index (χ2n) is 6.28. The average molecular weight is 494 g/mol. The molecule has 0 saturated carbocycles. The molecule has 8 heteroatoms. The summed E-state index contributed by atoms with van der Waals surface area (Å²) in [5.74, 6) is -0.0646. The van der Waals surface area contributed by atoms with Crippen LogP contribution in [0.1, 0.15) is 40.0 Å². The minimum Gasteiger partial charge on any atom is -0.396 e. The van der Waals surface area contributed by atoms with Crippen LogP contribution in [0.2, 0.25) is 0 Å². The minimum atomic E-state index is -0.349. The fourth-order valence-electron chi connectivity index (χ4n) is 2.68. The predicted octanol–water partition coefficient (Wildman–Crippen LogP) is 3.13. The monoisotopic (exact) mass is 494 g/mol. The van der Waals surface area contributed by atoms with Crippen molar-refractivity contribution in [2.24, 2.45) is 10.4 Å². The van der Waals surface area contributed by atoms with Gasteiger partial charge >= 0.3 is 0 Å². The van der Waals surface area contributed by atoms with Crippen molar-refractivity contribution in [2.45, 2.75) is 40.0 Å². The van der Waals surface area contributed by atoms with Gasteiger partial charge in [-0.3, -0.25) is 4.79 Å². The van der Waals surface area contributed by atoms with Crippen molar-refractivity contribution in [1.29, 1.82) is 0 Å². The minimum absolute atomic E-state index is 0. The Kier molecular flexibility index (Phi) is 13.0. The van der Waals surface area contributed by atoms with Crippen LogP contribution in [0, 0.1) is 11.2 Å². The zero-order valence-electron chi connectivity index (χ0n) is 16.3. The normalized spacial score (nSPS) is 11.5. The highest BCUT2D eigenvalue weighted by atomic mass is 127. The summed E-state index contributed by atoms with van der Waals surface area (Å²) in [6.45, 7) is 7.64. The van der Waals surface area contributed by atoms with Gasteiger partial charge in [0.25, 0.3) is 0 Å². The van der Waals surface area contributed by atoms with Gasteiger partial charge in [-0.15, -0.1) is 24.0 Å². The summed E-state index contributed by atoms with van der Waals surface area (Å²) in [6.07, 6.45) is 2.61. The molecule has 0 radical (unpaired) electrons. The molecule has 27 heavy (non-hydrogen) atoms. The maximum absolute atomic E-state index is 12.9. The second kappa shape index (κ2) is 13.7. The van der Waals surface area contributed by atoms with E-state index in [1.54, 1.807) is 0 Å². The third-order valence-corrected chi connectivity index (χ3v) is 4.63. The molecule has 0 atom stereocenters. The highest BCUT2D eigenvalue weighted by Gasteiger charge is 2.25. The third-order valence-electron chi connectivity index (χ3n) is 4.63. The molecule has 0 aliphatic rings. The Balaban J connectivity index is 0.00000676. The number of nitrogens with one attached hydrogen (secondary N) is 3. The number of nitrogens with zero attached hydrogens (tertiary/aromatic N) is 1. The molecule has 0 unspecified atom stereocenters. The molecule has 0 aliphatic carbocycles. The van der Waals surface area contributed by atoms with E-state index >= 15 is 0 Å². The maximum Gasteiger partial charge on any atom is 0.246 e. The number of amides is 1. The standard InChI is InChI=1S/C19H31FN4O2.HI/c1-4-19(5-2,11-12-25)14-23-18(21-6-3)22-13-17(26)24-16-9-7-15(20)8-10-16;/h7-10,25H,4-6,11-14H2,1-3H3,(H,24,26)(H2,21,22,23);1H. The first kappa shape index (κ1) is 25.6. The van der Waals surface area contributed by atoms with Crippen LogP contribution in [0.15, 0.2) is 29.3 Å². The number of anilines is 1. The van der Waals surface area contributed by atoms with E-state index < -0.39 is 0 Å². The van der Waals surface area contributed by atoms with Gasteiger partial charge in [-0.1, -0.05) is 13.8 Å². The molecule has 154 valence electrons. The van der Waals surface area contributed by atoms with E-state index in [0.717, 1.165) is 19.3 Å². The number of aliphatic imine (C=N–C) groups is 1. The Morgan fingerprint density at radius 1 is 1.15 bits per heavy atom. The molecule has 0 aliphatic heterocycles. The molecule has 0 fully saturated rings. The van der Waals surface area contributed by atoms with Crippen LogP contribution < -0.4 is 16.0 Å². The third kappa shape index (κ3) is 9.37. The highest BCUT2D eigenvalue weighted by Crippen LogP contribution is 2.29. The lowest BCUT2D eigenvalue weighted by Crippen LogP contribution is -2.44. The van der Waals surface area contributed by atoms with Crippen molar-refractivity contribution >= 4 is 41.5 Å². The Hall–Kier alpha value is -1.42. The molecular weight excluding hydrogens is 462 g/mol. The summed E-state index contributed by atoms with van der Waals surface area (Å²) in [5.41, 5.74) is 0.532. The van der Waals surface area contributed by atoms with Gasteiger partial charge < -0.3 is 21.1 Å². The molecule has 6 nitrogen and oxygen atoms in total. The molecule has 0 saturated heterocycles. The van der Waals surface area contributed by atoms with E-state index in [9.17, 15) is 14.3 Å². The number of hydrogen-bond donors (Lipinski definition) is 4. The topological polar surface area (TPSA) is 85.8 Å². The Morgan fingerprint density at radius 2 is 1.78 bits per heavy atom. The Bertz CT molecular complexity index is 578. The van der Waals surface area contributed by atoms with Gasteiger partial charge in [0, 0.05) is 25.4 Å². The van der Waals surface area contributed by atoms with Crippen LogP contribution in [-0.2, 0) is 4.79 Å². The summed E-state index contributed by atoms with van der Waals surface area (Å²) in [4.78, 5) is 16.3. The Labute approximate surface area is 178 Å². The molecule has 0 spiro atoms. The lowest BCUT2D eigenvalue weighted by Gasteiger charge is -2.32. The summed E-state index contributed by atoms with van der Waals surface area (Å²) in [5, 5.41) is 18.4. The first-order chi connectivity index (χ1) is 12.5. The number of halogens is 2. The molecular formula is C19H32FIN4O2. The number of carbonyl (C=O) groups excluding carboxylic acids is 1. The molecule has 0 bridgehead atoms. The van der Waals surface area contributed by atoms with E-state index in [1.165, 1.54) is 24.3 Å². The molecule has 1 rings (SSSR count). The van der Waals surface area contributed by atoms with Crippen molar-refractivity contribution in [2.75, 3.05) is 31.6 Å². The van der Waals surface area contributed by atoms with E-state index in [-0.39, 0.29) is 54.3 Å². The van der Waals surface area contributed by atoms with Crippen LogP contribution >= 0.6 is 24.0 Å². The average Bonchev–Trinajstić information content (AvgIpc) is 2.65. The van der Waals surface area contributed by atoms with E-state index in [4.69, 9.17) is 0 Å². The lowest BCUT2D eigenvalue weighted by atomic mass is 9.79. The zero-order chi connectivity index (χ0) is 19.4. The van der Waals surface area contributed by atoms with E-state index in [2.05, 4.69) is 34.8 Å². The van der Waals surface area contributed by atoms with Gasteiger partial charge in [-0.2, -0.15) is 0 Å². The van der Waals surface area contributed by atoms with Crippen LogP contribution in [0.25, 0.3) is 0 Å². The highest BCUT2D eigenvalue weighted by molar-refractivity contribution is 14.0. The fourth-order valence-corrected chi connectivity index (χ4v) is 2.68. The number of rotatable bonds is 10. The van der Waals surface area contributed by atoms with Crippen molar-refractivity contribution < 1.29 is 14.3 Å². The summed E-state index contributed by atoms with van der Waals surface area (Å²) >= 11 is 0. The zero-order valence-corrected chi connectivity index (χ0v) is 18.7. The van der Waals surface area contributed by atoms with Gasteiger partial charge in [0.1, 0.15) is 12.4 Å². The fraction of sp³-hybridized carbons (Fsp3) is 0.579. The molecule has 1 aromatic carbocycles. The molecule has 1 amide bonds. The van der Waals surface area contributed by atoms with Gasteiger partial charge in [0.05, 0.1) is 0 Å². The molecule has 0 aromatic heterocycles. The van der Waals surface area contributed by atoms with Crippen molar-refractivity contribution in [3.63, 3.8) is 0 Å². The summed E-state index contributed by atoms with van der Waals surface area (Å²) in [7, 11) is 0. The first-order valence-corrected chi connectivity index (χ1v) is 9.17. The van der Waals surface area contributed by atoms with Gasteiger partial charge in [-0.05, 0) is 55.9 Å². The van der Waals surface area contributed by atoms with Crippen LogP contribution in [-0.4, -0.2) is 43.2 Å². The number of aliphatic hydroxyl groups excluding tert-OH is 1. The maximum atomic E-state index is 12.9. The summed E-state index contributed by atoms with van der Waals surface area (Å²) in [6, 6.07) is 5.60. The van der Waals surface area contributed by atoms with E-state index in [0.29, 0.717) is 24.7 Å². The van der Waals surface area contributed by atoms with Crippen molar-refractivity contribution in [1.82, 2.24) is 10.6 Å². The van der Waals surface area contributed by atoms with E-state index in [1.807, 2.05) is 6.92 Å². The number of guanidine groups is 1. The summed E-state index contributed by atoms with van der Waals surface area (Å²) < 4.78 is 12.9. The largest absolute Gasteiger partial charge is 0.396 e. The van der Waals surface area contributed by atoms with Crippen molar-refractivity contribution in [3.05, 3.63) is 30.1 Å². The lowest BCUT2D eigenvalue weighted by molar-refractivity contribution is -0.114. The van der Waals surface area contributed by atoms with Gasteiger partial charge in [-0.25, -0.2) is 9.38 Å². The first-order valence-electron chi connectivity index (χ1n) is 9.17. The Morgan fingerprint density at radius 3 is 2.30 bits per heavy atom. The molecule has 4 N–H and O–H groups in total. The van der Waals surface area contributed by atoms with Crippen molar-refractivity contribution in [3.8, 4) is 0 Å².